The molecule has 7 heteroatoms. The molecule has 2 heterocycles. The molecule has 2 atom stereocenters. The molecule has 1 saturated heterocycles. The van der Waals surface area contributed by atoms with Crippen LogP contribution in [0.1, 0.15) is 47.3 Å². The fraction of sp³-hybridized carbons (Fsp3) is 0.381. The molecule has 3 rings (SSSR count). The van der Waals surface area contributed by atoms with Gasteiger partial charge in [0.15, 0.2) is 0 Å². The van der Waals surface area contributed by atoms with Crippen molar-refractivity contribution in [3.8, 4) is 0 Å². The summed E-state index contributed by atoms with van der Waals surface area (Å²) < 4.78 is 5.65. The van der Waals surface area contributed by atoms with E-state index < -0.39 is 0 Å². The Morgan fingerprint density at radius 1 is 1.32 bits per heavy atom. The zero-order chi connectivity index (χ0) is 20.1. The lowest BCUT2D eigenvalue weighted by molar-refractivity contribution is -0.126. The number of carbonyl (C=O) groups is 2. The molecule has 148 valence electrons. The first-order valence-corrected chi connectivity index (χ1v) is 10.1. The molecular weight excluding hydrogens is 422 g/mol. The number of hydrogen-bond donors (Lipinski definition) is 1. The van der Waals surface area contributed by atoms with Gasteiger partial charge in [-0.2, -0.15) is 0 Å². The lowest BCUT2D eigenvalue weighted by Gasteiger charge is -2.25. The van der Waals surface area contributed by atoms with Crippen molar-refractivity contribution in [3.05, 3.63) is 63.9 Å². The van der Waals surface area contributed by atoms with E-state index in [0.29, 0.717) is 12.1 Å². The first-order valence-electron chi connectivity index (χ1n) is 9.30. The summed E-state index contributed by atoms with van der Waals surface area (Å²) in [7, 11) is 1.36. The number of benzene rings is 1. The van der Waals surface area contributed by atoms with Crippen molar-refractivity contribution in [3.63, 3.8) is 0 Å². The van der Waals surface area contributed by atoms with Crippen LogP contribution in [0.4, 0.5) is 0 Å². The van der Waals surface area contributed by atoms with E-state index >= 15 is 0 Å². The minimum atomic E-state index is -0.369. The number of methoxy groups -OCH3 is 1. The van der Waals surface area contributed by atoms with E-state index in [9.17, 15) is 9.59 Å². The Balaban J connectivity index is 1.61. The van der Waals surface area contributed by atoms with E-state index in [1.54, 1.807) is 18.3 Å². The fourth-order valence-corrected chi connectivity index (χ4v) is 3.92. The largest absolute Gasteiger partial charge is 0.465 e. The van der Waals surface area contributed by atoms with Crippen LogP contribution in [0.5, 0.6) is 0 Å². The molecular formula is C21H24BrN3O3. The number of ether oxygens (including phenoxy) is 1. The molecule has 0 saturated carbocycles. The molecule has 0 unspecified atom stereocenters. The summed E-state index contributed by atoms with van der Waals surface area (Å²) in [5.74, 6) is -0.336. The quantitative estimate of drug-likeness (QED) is 0.689. The Labute approximate surface area is 173 Å². The molecule has 1 aromatic carbocycles. The van der Waals surface area contributed by atoms with Crippen molar-refractivity contribution in [2.75, 3.05) is 13.7 Å². The number of amides is 1. The van der Waals surface area contributed by atoms with Gasteiger partial charge >= 0.3 is 5.97 Å². The van der Waals surface area contributed by atoms with Crippen LogP contribution >= 0.6 is 15.9 Å². The standard InChI is InChI=1S/C21H24BrN3O3/c1-14(16-5-7-17(8-6-16)21(27)28-2)24-20(26)19-4-3-9-25(19)13-15-10-18(22)12-23-11-15/h5-8,10-12,14,19H,3-4,9,13H2,1-2H3,(H,24,26)/t14-,19+/m0/s1. The van der Waals surface area contributed by atoms with Gasteiger partial charge in [0.25, 0.3) is 0 Å². The van der Waals surface area contributed by atoms with Crippen molar-refractivity contribution in [2.45, 2.75) is 38.4 Å². The number of halogens is 1. The SMILES string of the molecule is COC(=O)c1ccc([C@H](C)NC(=O)[C@H]2CCCN2Cc2cncc(Br)c2)cc1. The van der Waals surface area contributed by atoms with Crippen LogP contribution in [0.25, 0.3) is 0 Å². The van der Waals surface area contributed by atoms with Crippen molar-refractivity contribution in [1.29, 1.82) is 0 Å². The summed E-state index contributed by atoms with van der Waals surface area (Å²) in [6.45, 7) is 3.54. The topological polar surface area (TPSA) is 71.5 Å². The molecule has 1 aliphatic heterocycles. The number of likely N-dealkylation sites (tertiary alicyclic amines) is 1. The van der Waals surface area contributed by atoms with Crippen molar-refractivity contribution >= 4 is 27.8 Å². The van der Waals surface area contributed by atoms with Crippen LogP contribution in [0.3, 0.4) is 0 Å². The number of pyridine rings is 1. The maximum atomic E-state index is 12.9. The van der Waals surface area contributed by atoms with Crippen LogP contribution in [0.2, 0.25) is 0 Å². The second kappa shape index (κ2) is 9.30. The summed E-state index contributed by atoms with van der Waals surface area (Å²) in [4.78, 5) is 30.8. The molecule has 2 aromatic rings. The number of aromatic nitrogens is 1. The molecule has 28 heavy (non-hydrogen) atoms. The first kappa shape index (κ1) is 20.5. The third kappa shape index (κ3) is 4.97. The van der Waals surface area contributed by atoms with E-state index in [1.807, 2.05) is 31.3 Å². The number of nitrogens with one attached hydrogen (secondary N) is 1. The molecule has 0 aliphatic carbocycles. The number of carbonyl (C=O) groups excluding carboxylic acids is 2. The van der Waals surface area contributed by atoms with Gasteiger partial charge in [0.1, 0.15) is 0 Å². The van der Waals surface area contributed by atoms with Crippen molar-refractivity contribution < 1.29 is 14.3 Å². The molecule has 0 radical (unpaired) electrons. The Morgan fingerprint density at radius 2 is 2.07 bits per heavy atom. The number of rotatable bonds is 6. The molecule has 1 fully saturated rings. The summed E-state index contributed by atoms with van der Waals surface area (Å²) in [5.41, 5.74) is 2.52. The highest BCUT2D eigenvalue weighted by atomic mass is 79.9. The zero-order valence-corrected chi connectivity index (χ0v) is 17.6. The van der Waals surface area contributed by atoms with E-state index in [1.165, 1.54) is 7.11 Å². The lowest BCUT2D eigenvalue weighted by Crippen LogP contribution is -2.43. The highest BCUT2D eigenvalue weighted by Gasteiger charge is 2.31. The van der Waals surface area contributed by atoms with E-state index in [4.69, 9.17) is 4.74 Å². The minimum absolute atomic E-state index is 0.0324. The third-order valence-corrected chi connectivity index (χ3v) is 5.44. The maximum Gasteiger partial charge on any atom is 0.337 e. The zero-order valence-electron chi connectivity index (χ0n) is 16.0. The summed E-state index contributed by atoms with van der Waals surface area (Å²) in [6, 6.07) is 8.86. The normalized spacial score (nSPS) is 17.9. The van der Waals surface area contributed by atoms with Gasteiger partial charge in [-0.05, 0) is 71.6 Å². The van der Waals surface area contributed by atoms with Crippen LogP contribution in [-0.4, -0.2) is 41.5 Å². The van der Waals surface area contributed by atoms with E-state index in [2.05, 4.69) is 31.1 Å². The van der Waals surface area contributed by atoms with Crippen LogP contribution in [0, 0.1) is 0 Å². The maximum absolute atomic E-state index is 12.9. The van der Waals surface area contributed by atoms with Gasteiger partial charge in [0.05, 0.1) is 24.8 Å². The van der Waals surface area contributed by atoms with Crippen molar-refractivity contribution in [2.24, 2.45) is 0 Å². The van der Waals surface area contributed by atoms with Gasteiger partial charge < -0.3 is 10.1 Å². The monoisotopic (exact) mass is 445 g/mol. The fourth-order valence-electron chi connectivity index (χ4n) is 3.51. The smallest absolute Gasteiger partial charge is 0.337 e. The van der Waals surface area contributed by atoms with Gasteiger partial charge in [-0.25, -0.2) is 4.79 Å². The van der Waals surface area contributed by atoms with Gasteiger partial charge in [0, 0.05) is 23.4 Å². The predicted molar refractivity (Wildman–Crippen MR) is 110 cm³/mol. The van der Waals surface area contributed by atoms with Gasteiger partial charge in [-0.3, -0.25) is 14.7 Å². The minimum Gasteiger partial charge on any atom is -0.465 e. The van der Waals surface area contributed by atoms with Gasteiger partial charge in [-0.1, -0.05) is 12.1 Å². The Hall–Kier alpha value is -2.25. The highest BCUT2D eigenvalue weighted by molar-refractivity contribution is 9.10. The van der Waals surface area contributed by atoms with Crippen LogP contribution in [0.15, 0.2) is 47.2 Å². The molecule has 0 bridgehead atoms. The summed E-state index contributed by atoms with van der Waals surface area (Å²) >= 11 is 3.44. The van der Waals surface area contributed by atoms with Crippen LogP contribution in [-0.2, 0) is 16.1 Å². The molecule has 0 spiro atoms. The summed E-state index contributed by atoms with van der Waals surface area (Å²) in [6.07, 6.45) is 5.44. The third-order valence-electron chi connectivity index (χ3n) is 5.00. The Kier molecular flexibility index (Phi) is 6.80. The second-order valence-electron chi connectivity index (χ2n) is 6.98. The average Bonchev–Trinajstić information content (AvgIpc) is 3.15. The lowest BCUT2D eigenvalue weighted by atomic mass is 10.1. The summed E-state index contributed by atoms with van der Waals surface area (Å²) in [5, 5.41) is 3.11. The van der Waals surface area contributed by atoms with Crippen LogP contribution < -0.4 is 5.32 Å². The number of hydrogen-bond acceptors (Lipinski definition) is 5. The first-order chi connectivity index (χ1) is 13.5. The molecule has 1 N–H and O–H groups in total. The van der Waals surface area contributed by atoms with Gasteiger partial charge in [0.2, 0.25) is 5.91 Å². The van der Waals surface area contributed by atoms with Crippen molar-refractivity contribution in [1.82, 2.24) is 15.2 Å². The number of esters is 1. The van der Waals surface area contributed by atoms with E-state index in [-0.39, 0.29) is 24.0 Å². The highest BCUT2D eigenvalue weighted by Crippen LogP contribution is 2.22. The average molecular weight is 446 g/mol. The molecule has 1 aliphatic rings. The number of nitrogens with zero attached hydrogens (tertiary/aromatic N) is 2. The molecule has 1 aromatic heterocycles. The molecule has 6 nitrogen and oxygen atoms in total. The molecule has 1 amide bonds. The predicted octanol–water partition coefficient (Wildman–Crippen LogP) is 3.47. The van der Waals surface area contributed by atoms with E-state index in [0.717, 1.165) is 35.0 Å². The Bertz CT molecular complexity index is 841. The Morgan fingerprint density at radius 3 is 2.75 bits per heavy atom. The second-order valence-corrected chi connectivity index (χ2v) is 7.90. The van der Waals surface area contributed by atoms with Gasteiger partial charge in [-0.15, -0.1) is 0 Å².